The second kappa shape index (κ2) is 6.72. The van der Waals surface area contributed by atoms with E-state index in [9.17, 15) is 4.39 Å². The van der Waals surface area contributed by atoms with Gasteiger partial charge in [-0.05, 0) is 49.2 Å². The summed E-state index contributed by atoms with van der Waals surface area (Å²) in [5.74, 6) is -0.0581. The summed E-state index contributed by atoms with van der Waals surface area (Å²) < 4.78 is 18.7. The molecule has 0 saturated carbocycles. The second-order valence-electron chi connectivity index (χ2n) is 5.24. The van der Waals surface area contributed by atoms with Gasteiger partial charge in [-0.2, -0.15) is 0 Å². The highest BCUT2D eigenvalue weighted by Crippen LogP contribution is 2.29. The van der Waals surface area contributed by atoms with E-state index in [0.29, 0.717) is 0 Å². The van der Waals surface area contributed by atoms with Crippen molar-refractivity contribution in [2.45, 2.75) is 26.8 Å². The van der Waals surface area contributed by atoms with E-state index in [4.69, 9.17) is 4.74 Å². The fourth-order valence-electron chi connectivity index (χ4n) is 2.62. The molecule has 0 aliphatic carbocycles. The fraction of sp³-hybridized carbons (Fsp3) is 0.333. The lowest BCUT2D eigenvalue weighted by Crippen LogP contribution is -2.23. The molecule has 0 saturated heterocycles. The Hall–Kier alpha value is -1.87. The number of aryl methyl sites for hydroxylation is 2. The molecule has 0 amide bonds. The lowest BCUT2D eigenvalue weighted by atomic mass is 9.93. The summed E-state index contributed by atoms with van der Waals surface area (Å²) >= 11 is 0. The molecule has 0 aromatic heterocycles. The van der Waals surface area contributed by atoms with E-state index < -0.39 is 0 Å². The van der Waals surface area contributed by atoms with Crippen molar-refractivity contribution in [1.29, 1.82) is 0 Å². The molecule has 0 aliphatic rings. The van der Waals surface area contributed by atoms with Crippen molar-refractivity contribution in [1.82, 2.24) is 5.32 Å². The Kier molecular flexibility index (Phi) is 4.97. The largest absolute Gasteiger partial charge is 0.494 e. The summed E-state index contributed by atoms with van der Waals surface area (Å²) in [5, 5.41) is 3.47. The zero-order chi connectivity index (χ0) is 15.4. The van der Waals surface area contributed by atoms with Crippen molar-refractivity contribution in [3.05, 3.63) is 64.5 Å². The van der Waals surface area contributed by atoms with Gasteiger partial charge in [0.25, 0.3) is 0 Å². The summed E-state index contributed by atoms with van der Waals surface area (Å²) in [4.78, 5) is 0. The van der Waals surface area contributed by atoms with Crippen LogP contribution in [0.25, 0.3) is 0 Å². The zero-order valence-corrected chi connectivity index (χ0v) is 13.0. The van der Waals surface area contributed by atoms with Gasteiger partial charge in [-0.1, -0.05) is 36.8 Å². The minimum Gasteiger partial charge on any atom is -0.494 e. The van der Waals surface area contributed by atoms with Gasteiger partial charge in [0.1, 0.15) is 0 Å². The minimum atomic E-state index is -0.336. The summed E-state index contributed by atoms with van der Waals surface area (Å²) in [6.07, 6.45) is 0. The van der Waals surface area contributed by atoms with Crippen molar-refractivity contribution in [2.24, 2.45) is 0 Å². The van der Waals surface area contributed by atoms with Crippen LogP contribution in [-0.2, 0) is 0 Å². The van der Waals surface area contributed by atoms with Gasteiger partial charge in [0.15, 0.2) is 11.6 Å². The summed E-state index contributed by atoms with van der Waals surface area (Å²) in [6.45, 7) is 7.09. The number of rotatable bonds is 5. The molecule has 3 heteroatoms. The SMILES string of the molecule is CCNC(c1ccc(F)c(OC)c1)c1ccc(C)cc1C. The monoisotopic (exact) mass is 287 g/mol. The number of hydrogen-bond acceptors (Lipinski definition) is 2. The molecule has 1 atom stereocenters. The van der Waals surface area contributed by atoms with Crippen LogP contribution < -0.4 is 10.1 Å². The molecule has 1 N–H and O–H groups in total. The average molecular weight is 287 g/mol. The summed E-state index contributed by atoms with van der Waals surface area (Å²) in [7, 11) is 1.49. The zero-order valence-electron chi connectivity index (χ0n) is 13.0. The maximum atomic E-state index is 13.6. The maximum absolute atomic E-state index is 13.6. The Balaban J connectivity index is 2.47. The highest BCUT2D eigenvalue weighted by molar-refractivity contribution is 5.41. The lowest BCUT2D eigenvalue weighted by molar-refractivity contribution is 0.385. The van der Waals surface area contributed by atoms with Crippen molar-refractivity contribution < 1.29 is 9.13 Å². The Morgan fingerprint density at radius 3 is 2.52 bits per heavy atom. The first-order valence-electron chi connectivity index (χ1n) is 7.20. The van der Waals surface area contributed by atoms with Crippen LogP contribution >= 0.6 is 0 Å². The first kappa shape index (κ1) is 15.5. The van der Waals surface area contributed by atoms with Crippen LogP contribution in [0.5, 0.6) is 5.75 Å². The molecule has 112 valence electrons. The number of halogens is 1. The topological polar surface area (TPSA) is 21.3 Å². The highest BCUT2D eigenvalue weighted by atomic mass is 19.1. The molecular weight excluding hydrogens is 265 g/mol. The highest BCUT2D eigenvalue weighted by Gasteiger charge is 2.17. The number of ether oxygens (including phenoxy) is 1. The van der Waals surface area contributed by atoms with E-state index in [1.807, 2.05) is 6.07 Å². The van der Waals surface area contributed by atoms with Crippen LogP contribution in [0.1, 0.15) is 35.2 Å². The standard InChI is InChI=1S/C18H22FNO/c1-5-20-18(15-8-6-12(2)10-13(15)3)14-7-9-16(19)17(11-14)21-4/h6-11,18,20H,5H2,1-4H3. The van der Waals surface area contributed by atoms with Crippen molar-refractivity contribution in [3.8, 4) is 5.75 Å². The van der Waals surface area contributed by atoms with Gasteiger partial charge < -0.3 is 10.1 Å². The molecule has 2 aromatic carbocycles. The average Bonchev–Trinajstić information content (AvgIpc) is 2.46. The number of methoxy groups -OCH3 is 1. The molecule has 0 bridgehead atoms. The number of benzene rings is 2. The fourth-order valence-corrected chi connectivity index (χ4v) is 2.62. The maximum Gasteiger partial charge on any atom is 0.165 e. The van der Waals surface area contributed by atoms with Crippen LogP contribution in [0.3, 0.4) is 0 Å². The van der Waals surface area contributed by atoms with Crippen molar-refractivity contribution in [2.75, 3.05) is 13.7 Å². The molecule has 0 radical (unpaired) electrons. The third-order valence-corrected chi connectivity index (χ3v) is 3.65. The van der Waals surface area contributed by atoms with Gasteiger partial charge in [-0.15, -0.1) is 0 Å². The Morgan fingerprint density at radius 2 is 1.90 bits per heavy atom. The minimum absolute atomic E-state index is 0.0325. The van der Waals surface area contributed by atoms with E-state index in [0.717, 1.165) is 12.1 Å². The van der Waals surface area contributed by atoms with E-state index >= 15 is 0 Å². The molecule has 2 nitrogen and oxygen atoms in total. The second-order valence-corrected chi connectivity index (χ2v) is 5.24. The normalized spacial score (nSPS) is 12.2. The van der Waals surface area contributed by atoms with Crippen LogP contribution in [0, 0.1) is 19.7 Å². The molecule has 0 spiro atoms. The molecule has 0 aliphatic heterocycles. The van der Waals surface area contributed by atoms with Gasteiger partial charge in [0, 0.05) is 0 Å². The molecule has 21 heavy (non-hydrogen) atoms. The smallest absolute Gasteiger partial charge is 0.165 e. The van der Waals surface area contributed by atoms with Crippen LogP contribution in [0.2, 0.25) is 0 Å². The molecule has 1 unspecified atom stereocenters. The predicted octanol–water partition coefficient (Wildman–Crippen LogP) is 4.15. The van der Waals surface area contributed by atoms with Crippen LogP contribution in [-0.4, -0.2) is 13.7 Å². The van der Waals surface area contributed by atoms with Gasteiger partial charge in [0.2, 0.25) is 0 Å². The van der Waals surface area contributed by atoms with E-state index in [2.05, 4.69) is 44.3 Å². The third-order valence-electron chi connectivity index (χ3n) is 3.65. The first-order valence-corrected chi connectivity index (χ1v) is 7.20. The quantitative estimate of drug-likeness (QED) is 0.892. The van der Waals surface area contributed by atoms with Crippen LogP contribution in [0.4, 0.5) is 4.39 Å². The van der Waals surface area contributed by atoms with Crippen molar-refractivity contribution >= 4 is 0 Å². The molecule has 0 heterocycles. The van der Waals surface area contributed by atoms with Crippen LogP contribution in [0.15, 0.2) is 36.4 Å². The summed E-state index contributed by atoms with van der Waals surface area (Å²) in [6, 6.07) is 11.5. The number of nitrogens with one attached hydrogen (secondary N) is 1. The third kappa shape index (κ3) is 3.42. The molecular formula is C18H22FNO. The van der Waals surface area contributed by atoms with Gasteiger partial charge in [0.05, 0.1) is 13.2 Å². The number of hydrogen-bond donors (Lipinski definition) is 1. The van der Waals surface area contributed by atoms with Gasteiger partial charge in [-0.3, -0.25) is 0 Å². The Morgan fingerprint density at radius 1 is 1.14 bits per heavy atom. The first-order chi connectivity index (χ1) is 10.1. The van der Waals surface area contributed by atoms with Gasteiger partial charge in [-0.25, -0.2) is 4.39 Å². The lowest BCUT2D eigenvalue weighted by Gasteiger charge is -2.22. The Bertz CT molecular complexity index is 625. The van der Waals surface area contributed by atoms with Crippen molar-refractivity contribution in [3.63, 3.8) is 0 Å². The summed E-state index contributed by atoms with van der Waals surface area (Å²) in [5.41, 5.74) is 4.67. The Labute approximate surface area is 126 Å². The molecule has 2 rings (SSSR count). The molecule has 2 aromatic rings. The molecule has 0 fully saturated rings. The predicted molar refractivity (Wildman–Crippen MR) is 84.4 cm³/mol. The van der Waals surface area contributed by atoms with E-state index in [-0.39, 0.29) is 17.6 Å². The van der Waals surface area contributed by atoms with E-state index in [1.54, 1.807) is 6.07 Å². The van der Waals surface area contributed by atoms with E-state index in [1.165, 1.54) is 29.9 Å². The van der Waals surface area contributed by atoms with Gasteiger partial charge >= 0.3 is 0 Å².